The van der Waals surface area contributed by atoms with Crippen molar-refractivity contribution in [3.8, 4) is 0 Å². The van der Waals surface area contributed by atoms with Crippen molar-refractivity contribution in [1.29, 1.82) is 0 Å². The summed E-state index contributed by atoms with van der Waals surface area (Å²) >= 11 is 0. The van der Waals surface area contributed by atoms with Gasteiger partial charge >= 0.3 is 12.1 Å². The van der Waals surface area contributed by atoms with E-state index in [2.05, 4.69) is 5.32 Å². The van der Waals surface area contributed by atoms with Crippen molar-refractivity contribution in [2.24, 2.45) is 5.92 Å². The molecular weight excluding hydrogens is 358 g/mol. The number of carboxylic acids is 1. The predicted octanol–water partition coefficient (Wildman–Crippen LogP) is 4.17. The number of ether oxygens (including phenoxy) is 2. The van der Waals surface area contributed by atoms with Crippen LogP contribution in [0, 0.1) is 5.92 Å². The minimum Gasteiger partial charge on any atom is -0.479 e. The van der Waals surface area contributed by atoms with Crippen LogP contribution in [0.3, 0.4) is 0 Å². The molecule has 0 radical (unpaired) electrons. The number of nitrogens with one attached hydrogen (secondary N) is 1. The van der Waals surface area contributed by atoms with Crippen LogP contribution in [0.25, 0.3) is 0 Å². The van der Waals surface area contributed by atoms with Crippen molar-refractivity contribution in [2.45, 2.75) is 39.0 Å². The van der Waals surface area contributed by atoms with Crippen LogP contribution in [0.5, 0.6) is 0 Å². The highest BCUT2D eigenvalue weighted by Crippen LogP contribution is 2.18. The molecule has 2 rings (SSSR count). The highest BCUT2D eigenvalue weighted by molar-refractivity contribution is 5.74. The molecule has 2 aromatic carbocycles. The molecule has 0 fully saturated rings. The smallest absolute Gasteiger partial charge is 0.407 e. The number of alkyl carbamates (subject to hydrolysis) is 1. The van der Waals surface area contributed by atoms with Gasteiger partial charge in [0.05, 0.1) is 12.6 Å². The molecule has 2 atom stereocenters. The third-order valence-electron chi connectivity index (χ3n) is 4.08. The normalized spacial score (nSPS) is 13.0. The Labute approximate surface area is 165 Å². The standard InChI is InChI=1S/C22H27NO5/c1-16(2)13-19(23-22(26)28-14-17-9-5-3-6-10-17)15-27-20(21(24)25)18-11-7-4-8-12-18/h3-12,16,19-20H,13-15H2,1-2H3,(H,23,26)(H,24,25). The second-order valence-electron chi connectivity index (χ2n) is 6.99. The van der Waals surface area contributed by atoms with Crippen molar-refractivity contribution in [2.75, 3.05) is 6.61 Å². The number of aliphatic carboxylic acids is 1. The molecule has 0 saturated heterocycles. The average molecular weight is 385 g/mol. The van der Waals surface area contributed by atoms with Crippen LogP contribution >= 0.6 is 0 Å². The largest absolute Gasteiger partial charge is 0.479 e. The molecule has 0 spiro atoms. The summed E-state index contributed by atoms with van der Waals surface area (Å²) in [5.41, 5.74) is 1.45. The van der Waals surface area contributed by atoms with Crippen LogP contribution in [0.15, 0.2) is 60.7 Å². The van der Waals surface area contributed by atoms with E-state index in [9.17, 15) is 14.7 Å². The maximum atomic E-state index is 12.2. The zero-order valence-corrected chi connectivity index (χ0v) is 16.2. The average Bonchev–Trinajstić information content (AvgIpc) is 2.67. The fourth-order valence-corrected chi connectivity index (χ4v) is 2.82. The molecule has 0 heterocycles. The molecule has 0 aromatic heterocycles. The Morgan fingerprint density at radius 1 is 1.00 bits per heavy atom. The highest BCUT2D eigenvalue weighted by Gasteiger charge is 2.23. The first-order valence-corrected chi connectivity index (χ1v) is 9.32. The van der Waals surface area contributed by atoms with Crippen molar-refractivity contribution in [1.82, 2.24) is 5.32 Å². The number of carboxylic acid groups (broad SMARTS) is 1. The SMILES string of the molecule is CC(C)CC(COC(C(=O)O)c1ccccc1)NC(=O)OCc1ccccc1. The van der Waals surface area contributed by atoms with Crippen molar-refractivity contribution in [3.63, 3.8) is 0 Å². The van der Waals surface area contributed by atoms with Gasteiger partial charge in [-0.05, 0) is 23.5 Å². The first kappa shape index (κ1) is 21.4. The van der Waals surface area contributed by atoms with Gasteiger partial charge in [-0.2, -0.15) is 0 Å². The first-order valence-electron chi connectivity index (χ1n) is 9.32. The summed E-state index contributed by atoms with van der Waals surface area (Å²) < 4.78 is 10.9. The first-order chi connectivity index (χ1) is 13.5. The van der Waals surface area contributed by atoms with Gasteiger partial charge in [0.15, 0.2) is 6.10 Å². The van der Waals surface area contributed by atoms with Gasteiger partial charge in [-0.15, -0.1) is 0 Å². The monoisotopic (exact) mass is 385 g/mol. The minimum absolute atomic E-state index is 0.0739. The second kappa shape index (κ2) is 11.1. The Kier molecular flexibility index (Phi) is 8.49. The number of hydrogen-bond donors (Lipinski definition) is 2. The van der Waals surface area contributed by atoms with Gasteiger partial charge in [-0.3, -0.25) is 0 Å². The second-order valence-corrected chi connectivity index (χ2v) is 6.99. The number of carbonyl (C=O) groups excluding carboxylic acids is 1. The maximum absolute atomic E-state index is 12.2. The molecule has 0 aliphatic heterocycles. The number of carbonyl (C=O) groups is 2. The van der Waals surface area contributed by atoms with E-state index < -0.39 is 18.2 Å². The van der Waals surface area contributed by atoms with E-state index in [0.29, 0.717) is 17.9 Å². The number of rotatable bonds is 10. The van der Waals surface area contributed by atoms with Gasteiger partial charge in [-0.1, -0.05) is 74.5 Å². The molecule has 2 N–H and O–H groups in total. The van der Waals surface area contributed by atoms with E-state index >= 15 is 0 Å². The summed E-state index contributed by atoms with van der Waals surface area (Å²) in [7, 11) is 0. The van der Waals surface area contributed by atoms with Crippen molar-refractivity contribution in [3.05, 3.63) is 71.8 Å². The summed E-state index contributed by atoms with van der Waals surface area (Å²) in [6, 6.07) is 17.8. The molecule has 1 amide bonds. The summed E-state index contributed by atoms with van der Waals surface area (Å²) in [5.74, 6) is -0.774. The van der Waals surface area contributed by atoms with Crippen LogP contribution in [0.2, 0.25) is 0 Å². The molecule has 0 aliphatic rings. The highest BCUT2D eigenvalue weighted by atomic mass is 16.5. The summed E-state index contributed by atoms with van der Waals surface area (Å²) in [4.78, 5) is 23.7. The lowest BCUT2D eigenvalue weighted by atomic mass is 10.0. The lowest BCUT2D eigenvalue weighted by Crippen LogP contribution is -2.40. The van der Waals surface area contributed by atoms with Gasteiger partial charge in [0.1, 0.15) is 6.61 Å². The van der Waals surface area contributed by atoms with Gasteiger partial charge in [-0.25, -0.2) is 9.59 Å². The van der Waals surface area contributed by atoms with Gasteiger partial charge in [0.25, 0.3) is 0 Å². The van der Waals surface area contributed by atoms with E-state index in [-0.39, 0.29) is 19.3 Å². The number of amides is 1. The fraction of sp³-hybridized carbons (Fsp3) is 0.364. The summed E-state index contributed by atoms with van der Waals surface area (Å²) in [6.07, 6.45) is -0.996. The predicted molar refractivity (Wildman–Crippen MR) is 106 cm³/mol. The molecule has 0 saturated carbocycles. The molecule has 0 bridgehead atoms. The van der Waals surface area contributed by atoms with Gasteiger partial charge in [0, 0.05) is 0 Å². The van der Waals surface area contributed by atoms with Crippen LogP contribution in [-0.4, -0.2) is 29.8 Å². The van der Waals surface area contributed by atoms with Crippen molar-refractivity contribution >= 4 is 12.1 Å². The molecular formula is C22H27NO5. The van der Waals surface area contributed by atoms with E-state index in [1.165, 1.54) is 0 Å². The van der Waals surface area contributed by atoms with Crippen molar-refractivity contribution < 1.29 is 24.2 Å². The minimum atomic E-state index is -1.09. The zero-order valence-electron chi connectivity index (χ0n) is 16.2. The summed E-state index contributed by atoms with van der Waals surface area (Å²) in [6.45, 7) is 4.29. The maximum Gasteiger partial charge on any atom is 0.407 e. The third kappa shape index (κ3) is 7.40. The molecule has 6 nitrogen and oxygen atoms in total. The van der Waals surface area contributed by atoms with E-state index in [0.717, 1.165) is 5.56 Å². The summed E-state index contributed by atoms with van der Waals surface area (Å²) in [5, 5.41) is 12.3. The quantitative estimate of drug-likeness (QED) is 0.641. The van der Waals surface area contributed by atoms with E-state index in [1.807, 2.05) is 50.2 Å². The number of benzene rings is 2. The van der Waals surface area contributed by atoms with Crippen LogP contribution < -0.4 is 5.32 Å². The molecule has 0 aliphatic carbocycles. The van der Waals surface area contributed by atoms with Crippen LogP contribution in [-0.2, 0) is 20.9 Å². The van der Waals surface area contributed by atoms with Crippen LogP contribution in [0.1, 0.15) is 37.5 Å². The number of hydrogen-bond acceptors (Lipinski definition) is 4. The van der Waals surface area contributed by atoms with Gasteiger partial charge < -0.3 is 19.9 Å². The molecule has 2 aromatic rings. The molecule has 2 unspecified atom stereocenters. The lowest BCUT2D eigenvalue weighted by Gasteiger charge is -2.23. The third-order valence-corrected chi connectivity index (χ3v) is 4.08. The Morgan fingerprint density at radius 2 is 1.61 bits per heavy atom. The Bertz CT molecular complexity index is 733. The Balaban J connectivity index is 1.92. The Hall–Kier alpha value is -2.86. The topological polar surface area (TPSA) is 84.9 Å². The Morgan fingerprint density at radius 3 is 2.18 bits per heavy atom. The zero-order chi connectivity index (χ0) is 20.4. The van der Waals surface area contributed by atoms with E-state index in [1.54, 1.807) is 24.3 Å². The molecule has 6 heteroatoms. The fourth-order valence-electron chi connectivity index (χ4n) is 2.82. The lowest BCUT2D eigenvalue weighted by molar-refractivity contribution is -0.151. The van der Waals surface area contributed by atoms with Gasteiger partial charge in [0.2, 0.25) is 0 Å². The van der Waals surface area contributed by atoms with E-state index in [4.69, 9.17) is 9.47 Å². The molecule has 150 valence electrons. The van der Waals surface area contributed by atoms with Crippen LogP contribution in [0.4, 0.5) is 4.79 Å². The molecule has 28 heavy (non-hydrogen) atoms.